The first-order valence-corrected chi connectivity index (χ1v) is 6.52. The molecule has 4 nitrogen and oxygen atoms in total. The van der Waals surface area contributed by atoms with Gasteiger partial charge >= 0.3 is 5.97 Å². The molecule has 1 aromatic heterocycles. The van der Waals surface area contributed by atoms with Gasteiger partial charge < -0.3 is 10.4 Å². The van der Waals surface area contributed by atoms with Crippen molar-refractivity contribution in [1.82, 2.24) is 4.98 Å². The van der Waals surface area contributed by atoms with E-state index in [0.29, 0.717) is 11.7 Å². The van der Waals surface area contributed by atoms with E-state index in [4.69, 9.17) is 16.7 Å². The van der Waals surface area contributed by atoms with Gasteiger partial charge in [-0.15, -0.1) is 0 Å². The zero-order valence-corrected chi connectivity index (χ0v) is 11.7. The molecule has 1 unspecified atom stereocenters. The van der Waals surface area contributed by atoms with E-state index in [1.165, 1.54) is 12.3 Å². The van der Waals surface area contributed by atoms with Crippen LogP contribution >= 0.6 is 11.6 Å². The number of anilines is 1. The number of hydrogen-bond acceptors (Lipinski definition) is 3. The van der Waals surface area contributed by atoms with E-state index in [1.807, 2.05) is 0 Å². The molecule has 0 aliphatic rings. The van der Waals surface area contributed by atoms with E-state index in [9.17, 15) is 4.79 Å². The SMILES string of the molecule is CCC(CC)C(C)Nc1cc(C(=O)O)c(Cl)cn1. The molecule has 0 saturated heterocycles. The maximum absolute atomic E-state index is 11.0. The summed E-state index contributed by atoms with van der Waals surface area (Å²) in [5, 5.41) is 12.4. The van der Waals surface area contributed by atoms with Crippen LogP contribution in [0.5, 0.6) is 0 Å². The van der Waals surface area contributed by atoms with Crippen LogP contribution < -0.4 is 5.32 Å². The fourth-order valence-electron chi connectivity index (χ4n) is 2.03. The predicted molar refractivity (Wildman–Crippen MR) is 73.4 cm³/mol. The average Bonchev–Trinajstić information content (AvgIpc) is 2.32. The lowest BCUT2D eigenvalue weighted by molar-refractivity contribution is 0.0697. The molecule has 0 radical (unpaired) electrons. The molecule has 0 aromatic carbocycles. The molecule has 1 rings (SSSR count). The maximum Gasteiger partial charge on any atom is 0.337 e. The van der Waals surface area contributed by atoms with Gasteiger partial charge in [-0.25, -0.2) is 9.78 Å². The lowest BCUT2D eigenvalue weighted by atomic mass is 9.95. The van der Waals surface area contributed by atoms with Crippen molar-refractivity contribution in [2.75, 3.05) is 5.32 Å². The number of carboxylic acid groups (broad SMARTS) is 1. The second-order valence-corrected chi connectivity index (χ2v) is 4.77. The second kappa shape index (κ2) is 6.59. The molecular formula is C13H19ClN2O2. The topological polar surface area (TPSA) is 62.2 Å². The number of aromatic nitrogens is 1. The Morgan fingerprint density at radius 3 is 2.61 bits per heavy atom. The van der Waals surface area contributed by atoms with Crippen molar-refractivity contribution in [2.45, 2.75) is 39.7 Å². The van der Waals surface area contributed by atoms with Gasteiger partial charge in [0.25, 0.3) is 0 Å². The highest BCUT2D eigenvalue weighted by Gasteiger charge is 2.15. The van der Waals surface area contributed by atoms with Gasteiger partial charge in [-0.3, -0.25) is 0 Å². The Morgan fingerprint density at radius 1 is 1.50 bits per heavy atom. The van der Waals surface area contributed by atoms with Gasteiger partial charge in [-0.1, -0.05) is 38.3 Å². The summed E-state index contributed by atoms with van der Waals surface area (Å²) < 4.78 is 0. The van der Waals surface area contributed by atoms with Crippen LogP contribution in [-0.4, -0.2) is 22.1 Å². The molecule has 1 atom stereocenters. The normalized spacial score (nSPS) is 12.5. The number of pyridine rings is 1. The number of carboxylic acids is 1. The quantitative estimate of drug-likeness (QED) is 0.828. The summed E-state index contributed by atoms with van der Waals surface area (Å²) in [7, 11) is 0. The molecule has 1 heterocycles. The summed E-state index contributed by atoms with van der Waals surface area (Å²) in [5.41, 5.74) is 0.0749. The average molecular weight is 271 g/mol. The van der Waals surface area contributed by atoms with Crippen molar-refractivity contribution in [1.29, 1.82) is 0 Å². The molecule has 0 fully saturated rings. The monoisotopic (exact) mass is 270 g/mol. The molecule has 0 bridgehead atoms. The summed E-state index contributed by atoms with van der Waals surface area (Å²) >= 11 is 5.77. The molecule has 0 spiro atoms. The van der Waals surface area contributed by atoms with Gasteiger partial charge in [-0.2, -0.15) is 0 Å². The summed E-state index contributed by atoms with van der Waals surface area (Å²) in [6.45, 7) is 6.36. The fourth-order valence-corrected chi connectivity index (χ4v) is 2.21. The van der Waals surface area contributed by atoms with Crippen molar-refractivity contribution < 1.29 is 9.90 Å². The minimum absolute atomic E-state index is 0.0749. The Bertz CT molecular complexity index is 419. The van der Waals surface area contributed by atoms with Crippen LogP contribution in [0.15, 0.2) is 12.3 Å². The van der Waals surface area contributed by atoms with Crippen LogP contribution in [0.4, 0.5) is 5.82 Å². The van der Waals surface area contributed by atoms with Crippen LogP contribution in [0.2, 0.25) is 5.02 Å². The number of halogens is 1. The zero-order valence-electron chi connectivity index (χ0n) is 10.9. The molecule has 18 heavy (non-hydrogen) atoms. The van der Waals surface area contributed by atoms with Crippen LogP contribution in [0, 0.1) is 5.92 Å². The van der Waals surface area contributed by atoms with Gasteiger partial charge in [0.15, 0.2) is 0 Å². The van der Waals surface area contributed by atoms with Crippen molar-refractivity contribution in [2.24, 2.45) is 5.92 Å². The van der Waals surface area contributed by atoms with Crippen LogP contribution in [-0.2, 0) is 0 Å². The lowest BCUT2D eigenvalue weighted by Gasteiger charge is -2.23. The first-order valence-electron chi connectivity index (χ1n) is 6.14. The molecule has 0 saturated carbocycles. The van der Waals surface area contributed by atoms with Gasteiger partial charge in [-0.05, 0) is 18.9 Å². The zero-order chi connectivity index (χ0) is 13.7. The standard InChI is InChI=1S/C13H19ClN2O2/c1-4-9(5-2)8(3)16-12-6-10(13(17)18)11(14)7-15-12/h6-9H,4-5H2,1-3H3,(H,15,16)(H,17,18). The Balaban J connectivity index is 2.85. The molecule has 0 amide bonds. The molecule has 2 N–H and O–H groups in total. The fraction of sp³-hybridized carbons (Fsp3) is 0.538. The van der Waals surface area contributed by atoms with Crippen molar-refractivity contribution >= 4 is 23.4 Å². The molecule has 0 aliphatic carbocycles. The number of nitrogens with zero attached hydrogens (tertiary/aromatic N) is 1. The first-order chi connectivity index (χ1) is 8.49. The highest BCUT2D eigenvalue weighted by molar-refractivity contribution is 6.33. The lowest BCUT2D eigenvalue weighted by Crippen LogP contribution is -2.25. The third-order valence-electron chi connectivity index (χ3n) is 3.22. The van der Waals surface area contributed by atoms with Gasteiger partial charge in [0.05, 0.1) is 10.6 Å². The molecule has 100 valence electrons. The van der Waals surface area contributed by atoms with Crippen molar-refractivity contribution in [3.63, 3.8) is 0 Å². The third-order valence-corrected chi connectivity index (χ3v) is 3.52. The van der Waals surface area contributed by atoms with Crippen LogP contribution in [0.25, 0.3) is 0 Å². The predicted octanol–water partition coefficient (Wildman–Crippen LogP) is 3.67. The van der Waals surface area contributed by atoms with Gasteiger partial charge in [0.2, 0.25) is 0 Å². The summed E-state index contributed by atoms with van der Waals surface area (Å²) in [6.07, 6.45) is 3.51. The van der Waals surface area contributed by atoms with Crippen molar-refractivity contribution in [3.8, 4) is 0 Å². The number of nitrogens with one attached hydrogen (secondary N) is 1. The molecular weight excluding hydrogens is 252 g/mol. The van der Waals surface area contributed by atoms with E-state index in [2.05, 4.69) is 31.1 Å². The Labute approximate surface area is 112 Å². The largest absolute Gasteiger partial charge is 0.478 e. The highest BCUT2D eigenvalue weighted by atomic mass is 35.5. The first kappa shape index (κ1) is 14.8. The number of carbonyl (C=O) groups is 1. The smallest absolute Gasteiger partial charge is 0.337 e. The minimum atomic E-state index is -1.04. The van der Waals surface area contributed by atoms with Crippen LogP contribution in [0.1, 0.15) is 44.0 Å². The minimum Gasteiger partial charge on any atom is -0.478 e. The Morgan fingerprint density at radius 2 is 2.11 bits per heavy atom. The van der Waals surface area contributed by atoms with Crippen LogP contribution in [0.3, 0.4) is 0 Å². The van der Waals surface area contributed by atoms with Gasteiger partial charge in [0.1, 0.15) is 5.82 Å². The summed E-state index contributed by atoms with van der Waals surface area (Å²) in [5.74, 6) is 0.0487. The highest BCUT2D eigenvalue weighted by Crippen LogP contribution is 2.21. The Kier molecular flexibility index (Phi) is 5.41. The number of rotatable bonds is 6. The van der Waals surface area contributed by atoms with E-state index >= 15 is 0 Å². The Hall–Kier alpha value is -1.29. The van der Waals surface area contributed by atoms with E-state index in [0.717, 1.165) is 12.8 Å². The summed E-state index contributed by atoms with van der Waals surface area (Å²) in [4.78, 5) is 15.1. The molecule has 0 aliphatic heterocycles. The molecule has 5 heteroatoms. The van der Waals surface area contributed by atoms with E-state index in [-0.39, 0.29) is 16.6 Å². The van der Waals surface area contributed by atoms with Crippen molar-refractivity contribution in [3.05, 3.63) is 22.8 Å². The summed E-state index contributed by atoms with van der Waals surface area (Å²) in [6, 6.07) is 1.72. The van der Waals surface area contributed by atoms with E-state index < -0.39 is 5.97 Å². The second-order valence-electron chi connectivity index (χ2n) is 4.36. The third kappa shape index (κ3) is 3.60. The maximum atomic E-state index is 11.0. The van der Waals surface area contributed by atoms with Gasteiger partial charge in [0, 0.05) is 12.2 Å². The van der Waals surface area contributed by atoms with E-state index in [1.54, 1.807) is 0 Å². The number of aromatic carboxylic acids is 1. The number of hydrogen-bond donors (Lipinski definition) is 2. The molecule has 1 aromatic rings.